The number of halogens is 1. The minimum Gasteiger partial charge on any atom is -0.387 e. The Morgan fingerprint density at radius 2 is 1.93 bits per heavy atom. The zero-order valence-corrected chi connectivity index (χ0v) is 18.0. The third-order valence-electron chi connectivity index (χ3n) is 3.43. The Labute approximate surface area is 174 Å². The monoisotopic (exact) mass is 518 g/mol. The fourth-order valence-corrected chi connectivity index (χ4v) is 5.38. The van der Waals surface area contributed by atoms with Gasteiger partial charge in [0.15, 0.2) is 16.7 Å². The summed E-state index contributed by atoms with van der Waals surface area (Å²) in [5, 5.41) is 10.2. The first kappa shape index (κ1) is 22.6. The van der Waals surface area contributed by atoms with E-state index >= 15 is 4.39 Å². The summed E-state index contributed by atoms with van der Waals surface area (Å²) in [6, 6.07) is 0.912. The van der Waals surface area contributed by atoms with E-state index in [1.165, 1.54) is 0 Å². The molecule has 6 atom stereocenters. The summed E-state index contributed by atoms with van der Waals surface area (Å²) in [5.74, 6) is 0. The lowest BCUT2D eigenvalue weighted by atomic mass is 9.99. The Morgan fingerprint density at radius 1 is 1.33 bits per heavy atom. The maximum atomic E-state index is 15.2. The number of alkyl halides is 1. The molecule has 3 unspecified atom stereocenters. The molecule has 2 rings (SSSR count). The van der Waals surface area contributed by atoms with E-state index in [2.05, 4.69) is 18.1 Å². The van der Waals surface area contributed by atoms with Crippen LogP contribution in [-0.2, 0) is 31.6 Å². The average molecular weight is 518 g/mol. The molecular weight excluding hydrogens is 500 g/mol. The third-order valence-corrected chi connectivity index (χ3v) is 7.40. The summed E-state index contributed by atoms with van der Waals surface area (Å²) in [5.41, 5.74) is -3.49. The van der Waals surface area contributed by atoms with Gasteiger partial charge in [0, 0.05) is 12.3 Å². The molecule has 1 saturated heterocycles. The standard InChI is InChI=1S/C10H16FN2O13P3S/c1-10(11)7(15)5(24-8(10)13-3-2-6(14)12-9(13)30)4-23-28(19,20)26-29(21,22)25-27(16,17)18/h2-3,5,7-8,15H,4H2,1H3,(H,19,20)(H,21,22)(H,12,14,30)(H2,16,17,18)/t5-,7+,8-,10?/m1/s1/i4D2. The predicted molar refractivity (Wildman–Crippen MR) is 95.1 cm³/mol. The summed E-state index contributed by atoms with van der Waals surface area (Å²) in [6.45, 7) is -2.85. The number of aliphatic hydroxyl groups is 1. The van der Waals surface area contributed by atoms with Crippen molar-refractivity contribution in [2.45, 2.75) is 31.0 Å². The normalized spacial score (nSPS) is 32.7. The van der Waals surface area contributed by atoms with Crippen molar-refractivity contribution in [1.82, 2.24) is 9.55 Å². The van der Waals surface area contributed by atoms with Crippen LogP contribution in [0.2, 0.25) is 0 Å². The number of hydrogen-bond donors (Lipinski definition) is 6. The molecule has 0 aromatic carbocycles. The molecule has 0 spiro atoms. The van der Waals surface area contributed by atoms with Gasteiger partial charge in [0.1, 0.15) is 12.2 Å². The van der Waals surface area contributed by atoms with E-state index in [0.29, 0.717) is 0 Å². The van der Waals surface area contributed by atoms with E-state index in [1.807, 2.05) is 0 Å². The zero-order valence-electron chi connectivity index (χ0n) is 16.5. The lowest BCUT2D eigenvalue weighted by Gasteiger charge is -2.25. The van der Waals surface area contributed by atoms with E-state index in [9.17, 15) is 28.5 Å². The van der Waals surface area contributed by atoms with Crippen LogP contribution in [0, 0.1) is 4.77 Å². The fourth-order valence-electron chi connectivity index (χ4n) is 2.25. The summed E-state index contributed by atoms with van der Waals surface area (Å²) in [4.78, 5) is 49.1. The Morgan fingerprint density at radius 3 is 2.47 bits per heavy atom. The Balaban J connectivity index is 2.30. The van der Waals surface area contributed by atoms with Crippen molar-refractivity contribution in [2.24, 2.45) is 0 Å². The minimum absolute atomic E-state index is 0.382. The first-order chi connectivity index (χ1) is 14.2. The highest BCUT2D eigenvalue weighted by Crippen LogP contribution is 2.66. The number of phosphoric ester groups is 1. The first-order valence-corrected chi connectivity index (χ1v) is 12.3. The summed E-state index contributed by atoms with van der Waals surface area (Å²) >= 11 is 4.85. The molecule has 0 saturated carbocycles. The first-order valence-electron chi connectivity index (χ1n) is 8.35. The van der Waals surface area contributed by atoms with Crippen LogP contribution in [-0.4, -0.2) is 58.7 Å². The van der Waals surface area contributed by atoms with Crippen molar-refractivity contribution < 1.29 is 63.4 Å². The van der Waals surface area contributed by atoms with Gasteiger partial charge in [-0.15, -0.1) is 0 Å². The van der Waals surface area contributed by atoms with Gasteiger partial charge < -0.3 is 29.4 Å². The van der Waals surface area contributed by atoms with Crippen LogP contribution in [0.1, 0.15) is 15.9 Å². The number of aromatic amines is 1. The molecular formula is C10H16FN2O13P3S. The molecule has 1 aromatic rings. The number of aliphatic hydroxyl groups excluding tert-OH is 1. The number of hydrogen-bond acceptors (Lipinski definition) is 10. The van der Waals surface area contributed by atoms with E-state index in [1.54, 1.807) is 0 Å². The van der Waals surface area contributed by atoms with Crippen molar-refractivity contribution in [3.63, 3.8) is 0 Å². The van der Waals surface area contributed by atoms with Crippen LogP contribution in [0.15, 0.2) is 17.1 Å². The number of aromatic nitrogens is 2. The van der Waals surface area contributed by atoms with Gasteiger partial charge in [-0.2, -0.15) is 8.62 Å². The lowest BCUT2D eigenvalue weighted by Crippen LogP contribution is -2.41. The Hall–Kier alpha value is -0.640. The number of rotatable bonds is 8. The summed E-state index contributed by atoms with van der Waals surface area (Å²) in [7, 11) is -17.7. The molecule has 0 amide bonds. The van der Waals surface area contributed by atoms with E-state index in [4.69, 9.17) is 34.4 Å². The van der Waals surface area contributed by atoms with Crippen LogP contribution in [0.5, 0.6) is 0 Å². The van der Waals surface area contributed by atoms with Gasteiger partial charge in [-0.25, -0.2) is 18.1 Å². The van der Waals surface area contributed by atoms with Gasteiger partial charge in [-0.3, -0.25) is 18.9 Å². The molecule has 20 heteroatoms. The van der Waals surface area contributed by atoms with Gasteiger partial charge in [-0.1, -0.05) is 0 Å². The van der Waals surface area contributed by atoms with E-state index in [0.717, 1.165) is 23.8 Å². The highest BCUT2D eigenvalue weighted by molar-refractivity contribution is 7.71. The molecule has 1 aliphatic heterocycles. The van der Waals surface area contributed by atoms with Crippen LogP contribution >= 0.6 is 35.7 Å². The molecule has 6 N–H and O–H groups in total. The second-order valence-electron chi connectivity index (χ2n) is 5.82. The molecule has 1 fully saturated rings. The zero-order chi connectivity index (χ0) is 24.9. The summed E-state index contributed by atoms with van der Waals surface area (Å²) < 4.78 is 81.1. The number of ether oxygens (including phenoxy) is 1. The van der Waals surface area contributed by atoms with Crippen molar-refractivity contribution in [3.8, 4) is 0 Å². The van der Waals surface area contributed by atoms with Crippen LogP contribution in [0.25, 0.3) is 0 Å². The largest absolute Gasteiger partial charge is 0.490 e. The van der Waals surface area contributed by atoms with Crippen molar-refractivity contribution in [1.29, 1.82) is 0 Å². The third kappa shape index (κ3) is 6.43. The van der Waals surface area contributed by atoms with E-state index < -0.39 is 59.7 Å². The predicted octanol–water partition coefficient (Wildman–Crippen LogP) is 0.236. The van der Waals surface area contributed by atoms with Gasteiger partial charge in [-0.05, 0) is 19.1 Å². The fraction of sp³-hybridized carbons (Fsp3) is 0.600. The average Bonchev–Trinajstić information content (AvgIpc) is 2.74. The highest BCUT2D eigenvalue weighted by Gasteiger charge is 2.55. The maximum Gasteiger partial charge on any atom is 0.490 e. The van der Waals surface area contributed by atoms with Crippen molar-refractivity contribution in [3.05, 3.63) is 27.4 Å². The molecule has 172 valence electrons. The molecule has 1 aromatic heterocycles. The lowest BCUT2D eigenvalue weighted by molar-refractivity contribution is -0.0594. The summed E-state index contributed by atoms with van der Waals surface area (Å²) in [6.07, 6.45) is -5.70. The molecule has 0 aliphatic carbocycles. The molecule has 2 heterocycles. The van der Waals surface area contributed by atoms with Gasteiger partial charge in [0.25, 0.3) is 5.56 Å². The minimum atomic E-state index is -6.00. The smallest absolute Gasteiger partial charge is 0.387 e. The second-order valence-corrected chi connectivity index (χ2v) is 10.6. The topological polar surface area (TPSA) is 227 Å². The van der Waals surface area contributed by atoms with Gasteiger partial charge in [0.05, 0.1) is 9.30 Å². The second kappa shape index (κ2) is 8.71. The highest BCUT2D eigenvalue weighted by atomic mass is 32.1. The van der Waals surface area contributed by atoms with Crippen LogP contribution < -0.4 is 5.56 Å². The van der Waals surface area contributed by atoms with Gasteiger partial charge in [0.2, 0.25) is 0 Å². The number of phosphoric acid groups is 3. The molecule has 0 radical (unpaired) electrons. The van der Waals surface area contributed by atoms with Crippen LogP contribution in [0.4, 0.5) is 4.39 Å². The van der Waals surface area contributed by atoms with Gasteiger partial charge >= 0.3 is 23.5 Å². The Kier molecular flexibility index (Phi) is 6.55. The Bertz CT molecular complexity index is 1140. The quantitative estimate of drug-likeness (QED) is 0.200. The maximum absolute atomic E-state index is 15.2. The molecule has 15 nitrogen and oxygen atoms in total. The SMILES string of the molecule is [2H]C([2H])(OP(=O)(O)OP(=O)(O)OP(=O)(O)O)[C@H]1O[C@@H](n2ccc(=O)[nH]c2=S)C(C)(F)[C@H]1O. The van der Waals surface area contributed by atoms with E-state index in [-0.39, 0.29) is 4.77 Å². The van der Waals surface area contributed by atoms with Crippen molar-refractivity contribution >= 4 is 35.7 Å². The number of H-pyrrole nitrogens is 1. The number of nitrogens with zero attached hydrogens (tertiary/aromatic N) is 1. The van der Waals surface area contributed by atoms with Crippen molar-refractivity contribution in [2.75, 3.05) is 6.56 Å². The number of nitrogens with one attached hydrogen (secondary N) is 1. The molecule has 30 heavy (non-hydrogen) atoms. The van der Waals surface area contributed by atoms with Crippen LogP contribution in [0.3, 0.4) is 0 Å². The molecule has 0 bridgehead atoms. The molecule has 1 aliphatic rings.